The third-order valence-corrected chi connectivity index (χ3v) is 7.20. The molecule has 2 rings (SSSR count). The number of nitrogens with one attached hydrogen (secondary N) is 2. The highest BCUT2D eigenvalue weighted by Gasteiger charge is 2.40. The number of aliphatic hydroxyl groups is 1. The lowest BCUT2D eigenvalue weighted by molar-refractivity contribution is -0.154. The molecule has 2 amide bonds. The number of hydrogen-bond acceptors (Lipinski definition) is 5. The smallest absolute Gasteiger partial charge is 0.333 e. The van der Waals surface area contributed by atoms with Crippen LogP contribution in [0.4, 0.5) is 0 Å². The summed E-state index contributed by atoms with van der Waals surface area (Å²) in [5.74, 6) is -3.04. The van der Waals surface area contributed by atoms with Gasteiger partial charge in [0, 0.05) is 17.5 Å². The zero-order chi connectivity index (χ0) is 25.1. The molecule has 8 heteroatoms. The van der Waals surface area contributed by atoms with Gasteiger partial charge >= 0.3 is 5.97 Å². The third-order valence-electron chi connectivity index (χ3n) is 5.74. The fourth-order valence-electron chi connectivity index (χ4n) is 3.65. The number of carbonyl (C=O) groups is 3. The van der Waals surface area contributed by atoms with E-state index in [1.807, 2.05) is 74.5 Å². The Morgan fingerprint density at radius 2 is 1.50 bits per heavy atom. The third kappa shape index (κ3) is 8.18. The van der Waals surface area contributed by atoms with E-state index >= 15 is 0 Å². The highest BCUT2D eigenvalue weighted by Crippen LogP contribution is 2.32. The lowest BCUT2D eigenvalue weighted by Gasteiger charge is -2.34. The van der Waals surface area contributed by atoms with Crippen LogP contribution in [0.15, 0.2) is 60.7 Å². The molecule has 2 aromatic rings. The van der Waals surface area contributed by atoms with E-state index in [2.05, 4.69) is 10.6 Å². The minimum Gasteiger partial charge on any atom is -0.479 e. The molecule has 0 saturated heterocycles. The lowest BCUT2D eigenvalue weighted by Crippen LogP contribution is -2.58. The predicted molar refractivity (Wildman–Crippen MR) is 134 cm³/mol. The maximum Gasteiger partial charge on any atom is 0.333 e. The van der Waals surface area contributed by atoms with Crippen LogP contribution in [0.5, 0.6) is 0 Å². The minimum atomic E-state index is -1.86. The Labute approximate surface area is 205 Å². The average Bonchev–Trinajstić information content (AvgIpc) is 2.84. The number of aliphatic hydroxyl groups excluding tert-OH is 1. The van der Waals surface area contributed by atoms with Gasteiger partial charge in [-0.05, 0) is 44.2 Å². The van der Waals surface area contributed by atoms with Crippen LogP contribution in [-0.2, 0) is 26.6 Å². The number of amides is 2. The summed E-state index contributed by atoms with van der Waals surface area (Å²) in [6.07, 6.45) is -0.523. The second-order valence-electron chi connectivity index (χ2n) is 8.70. The van der Waals surface area contributed by atoms with Crippen LogP contribution < -0.4 is 10.6 Å². The van der Waals surface area contributed by atoms with Crippen molar-refractivity contribution in [2.75, 3.05) is 7.05 Å². The van der Waals surface area contributed by atoms with Crippen LogP contribution in [0.1, 0.15) is 37.8 Å². The van der Waals surface area contributed by atoms with Gasteiger partial charge in [0.05, 0.1) is 5.92 Å². The molecule has 7 nitrogen and oxygen atoms in total. The first-order chi connectivity index (χ1) is 16.2. The van der Waals surface area contributed by atoms with Crippen molar-refractivity contribution in [1.29, 1.82) is 0 Å². The molecule has 0 fully saturated rings. The molecule has 0 saturated carbocycles. The van der Waals surface area contributed by atoms with Gasteiger partial charge in [0.2, 0.25) is 11.8 Å². The summed E-state index contributed by atoms with van der Waals surface area (Å²) < 4.78 is -0.700. The van der Waals surface area contributed by atoms with Crippen molar-refractivity contribution < 1.29 is 24.6 Å². The van der Waals surface area contributed by atoms with E-state index in [0.717, 1.165) is 11.1 Å². The number of hydrogen-bond donors (Lipinski definition) is 4. The van der Waals surface area contributed by atoms with E-state index in [-0.39, 0.29) is 12.3 Å². The fraction of sp³-hybridized carbons (Fsp3) is 0.423. The van der Waals surface area contributed by atoms with E-state index in [0.29, 0.717) is 18.6 Å². The molecule has 0 radical (unpaired) electrons. The van der Waals surface area contributed by atoms with Gasteiger partial charge in [0.1, 0.15) is 6.04 Å². The number of aryl methyl sites for hydroxylation is 1. The summed E-state index contributed by atoms with van der Waals surface area (Å²) in [7, 11) is 1.49. The molecule has 3 atom stereocenters. The van der Waals surface area contributed by atoms with Gasteiger partial charge in [-0.2, -0.15) is 0 Å². The van der Waals surface area contributed by atoms with Crippen molar-refractivity contribution >= 4 is 29.5 Å². The second-order valence-corrected chi connectivity index (χ2v) is 10.3. The molecule has 184 valence electrons. The number of carboxylic acids is 1. The van der Waals surface area contributed by atoms with Crippen molar-refractivity contribution in [1.82, 2.24) is 10.6 Å². The standard InChI is InChI=1S/C26H34N2O5S/c1-26(2,34-17-19-13-8-5-9-14-19)22(24(31)27-3)28-23(30)20(21(29)25(32)33)16-10-15-18-11-6-4-7-12-18/h4-9,11-14,20-22,29H,10,15-17H2,1-3H3,(H,27,31)(H,28,30)(H,32,33)/t20-,21+,22?/m1/s1. The van der Waals surface area contributed by atoms with E-state index in [9.17, 15) is 24.6 Å². The molecule has 2 aromatic carbocycles. The molecule has 0 aliphatic heterocycles. The molecular formula is C26H34N2O5S. The van der Waals surface area contributed by atoms with Crippen LogP contribution in [-0.4, -0.2) is 51.9 Å². The number of carbonyl (C=O) groups excluding carboxylic acids is 2. The quantitative estimate of drug-likeness (QED) is 0.346. The zero-order valence-corrected chi connectivity index (χ0v) is 20.7. The summed E-state index contributed by atoms with van der Waals surface area (Å²) in [6.45, 7) is 3.72. The van der Waals surface area contributed by atoms with E-state index < -0.39 is 34.7 Å². The average molecular weight is 487 g/mol. The van der Waals surface area contributed by atoms with Crippen molar-refractivity contribution in [2.45, 2.75) is 55.8 Å². The van der Waals surface area contributed by atoms with Crippen molar-refractivity contribution in [3.63, 3.8) is 0 Å². The Bertz CT molecular complexity index is 937. The maximum atomic E-state index is 13.2. The van der Waals surface area contributed by atoms with Crippen molar-refractivity contribution in [2.24, 2.45) is 5.92 Å². The summed E-state index contributed by atoms with van der Waals surface area (Å²) in [5.41, 5.74) is 2.15. The molecule has 0 aliphatic rings. The number of thioether (sulfide) groups is 1. The van der Waals surface area contributed by atoms with Crippen LogP contribution >= 0.6 is 11.8 Å². The summed E-state index contributed by atoms with van der Waals surface area (Å²) in [5, 5.41) is 24.9. The Kier molecular flexibility index (Phi) is 10.6. The van der Waals surface area contributed by atoms with Gasteiger partial charge in [-0.1, -0.05) is 60.7 Å². The number of rotatable bonds is 13. The maximum absolute atomic E-state index is 13.2. The molecular weight excluding hydrogens is 452 g/mol. The predicted octanol–water partition coefficient (Wildman–Crippen LogP) is 3.01. The molecule has 1 unspecified atom stereocenters. The molecule has 0 aromatic heterocycles. The summed E-state index contributed by atoms with van der Waals surface area (Å²) in [4.78, 5) is 37.4. The number of aliphatic carboxylic acids is 1. The SMILES string of the molecule is CNC(=O)C(NC(=O)[C@H](CCCc1ccccc1)[C@H](O)C(=O)O)C(C)(C)SCc1ccccc1. The first-order valence-electron chi connectivity index (χ1n) is 11.3. The Hall–Kier alpha value is -2.84. The molecule has 0 aliphatic carbocycles. The Morgan fingerprint density at radius 3 is 2.03 bits per heavy atom. The van der Waals surface area contributed by atoms with Crippen LogP contribution in [0.25, 0.3) is 0 Å². The van der Waals surface area contributed by atoms with Gasteiger partial charge in [-0.3, -0.25) is 9.59 Å². The molecule has 4 N–H and O–H groups in total. The van der Waals surface area contributed by atoms with Gasteiger partial charge < -0.3 is 20.8 Å². The Balaban J connectivity index is 2.12. The van der Waals surface area contributed by atoms with Gasteiger partial charge in [0.25, 0.3) is 0 Å². The van der Waals surface area contributed by atoms with Crippen LogP contribution in [0.2, 0.25) is 0 Å². The van der Waals surface area contributed by atoms with E-state index in [4.69, 9.17) is 0 Å². The number of carboxylic acid groups (broad SMARTS) is 1. The molecule has 0 bridgehead atoms. The highest BCUT2D eigenvalue weighted by molar-refractivity contribution is 7.99. The van der Waals surface area contributed by atoms with Crippen molar-refractivity contribution in [3.05, 3.63) is 71.8 Å². The van der Waals surface area contributed by atoms with Crippen LogP contribution in [0.3, 0.4) is 0 Å². The van der Waals surface area contributed by atoms with Gasteiger partial charge in [-0.15, -0.1) is 11.8 Å². The molecule has 0 heterocycles. The normalized spacial score (nSPS) is 14.0. The zero-order valence-electron chi connectivity index (χ0n) is 19.9. The largest absolute Gasteiger partial charge is 0.479 e. The van der Waals surface area contributed by atoms with Gasteiger partial charge in [-0.25, -0.2) is 4.79 Å². The lowest BCUT2D eigenvalue weighted by atomic mass is 9.92. The first kappa shape index (κ1) is 27.4. The Morgan fingerprint density at radius 1 is 0.941 bits per heavy atom. The van der Waals surface area contributed by atoms with Gasteiger partial charge in [0.15, 0.2) is 6.10 Å². The van der Waals surface area contributed by atoms with Crippen LogP contribution in [0, 0.1) is 5.92 Å². The molecule has 34 heavy (non-hydrogen) atoms. The fourth-order valence-corrected chi connectivity index (χ4v) is 4.71. The van der Waals surface area contributed by atoms with E-state index in [1.165, 1.54) is 18.8 Å². The monoisotopic (exact) mass is 486 g/mol. The highest BCUT2D eigenvalue weighted by atomic mass is 32.2. The summed E-state index contributed by atoms with van der Waals surface area (Å²) in [6, 6.07) is 18.5. The minimum absolute atomic E-state index is 0.173. The second kappa shape index (κ2) is 13.2. The van der Waals surface area contributed by atoms with E-state index in [1.54, 1.807) is 0 Å². The topological polar surface area (TPSA) is 116 Å². The first-order valence-corrected chi connectivity index (χ1v) is 12.3. The number of likely N-dealkylation sites (N-methyl/N-ethyl adjacent to an activating group) is 1. The molecule has 0 spiro atoms. The van der Waals surface area contributed by atoms with Crippen molar-refractivity contribution in [3.8, 4) is 0 Å². The summed E-state index contributed by atoms with van der Waals surface area (Å²) >= 11 is 1.51. The number of benzene rings is 2.